The number of hydrogen-bond donors (Lipinski definition) is 6. The van der Waals surface area contributed by atoms with Crippen molar-refractivity contribution >= 4 is 0 Å². The highest BCUT2D eigenvalue weighted by atomic mass is 16.7. The molecule has 1 fully saturated rings. The van der Waals surface area contributed by atoms with Gasteiger partial charge in [0.15, 0.2) is 6.29 Å². The number of rotatable bonds is 20. The summed E-state index contributed by atoms with van der Waals surface area (Å²) in [5.41, 5.74) is 0. The Bertz CT molecular complexity index is 482. The van der Waals surface area contributed by atoms with E-state index in [1.165, 1.54) is 64.2 Å². The van der Waals surface area contributed by atoms with Crippen LogP contribution in [-0.4, -0.2) is 88.6 Å². The lowest BCUT2D eigenvalue weighted by atomic mass is 9.92. The Morgan fingerprint density at radius 3 is 1.85 bits per heavy atom. The average Bonchev–Trinajstić information content (AvgIpc) is 2.84. The Hall–Kier alpha value is -0.320. The SMILES string of the molecule is CCCCCCCCCCCCCC[C@@H](O)[C@@H](C)[C@H](COC1OC(CO)C(O)C(O)C1O)NC. The zero-order valence-electron chi connectivity index (χ0n) is 21.8. The molecule has 1 saturated heterocycles. The molecule has 34 heavy (non-hydrogen) atoms. The van der Waals surface area contributed by atoms with Crippen molar-refractivity contribution in [1.82, 2.24) is 5.32 Å². The molecule has 1 aliphatic rings. The Morgan fingerprint density at radius 2 is 1.35 bits per heavy atom. The summed E-state index contributed by atoms with van der Waals surface area (Å²) in [6.07, 6.45) is 9.23. The molecule has 5 unspecified atom stereocenters. The maximum Gasteiger partial charge on any atom is 0.186 e. The number of aliphatic hydroxyl groups excluding tert-OH is 5. The number of nitrogens with one attached hydrogen (secondary N) is 1. The third kappa shape index (κ3) is 11.6. The van der Waals surface area contributed by atoms with Crippen molar-refractivity contribution in [2.45, 2.75) is 140 Å². The van der Waals surface area contributed by atoms with E-state index in [0.29, 0.717) is 0 Å². The van der Waals surface area contributed by atoms with E-state index < -0.39 is 43.4 Å². The predicted molar refractivity (Wildman–Crippen MR) is 133 cm³/mol. The van der Waals surface area contributed by atoms with Crippen LogP contribution in [0.15, 0.2) is 0 Å². The molecule has 1 aliphatic heterocycles. The molecule has 8 heteroatoms. The highest BCUT2D eigenvalue weighted by Crippen LogP contribution is 2.23. The lowest BCUT2D eigenvalue weighted by molar-refractivity contribution is -0.302. The van der Waals surface area contributed by atoms with Gasteiger partial charge in [0.1, 0.15) is 24.4 Å². The topological polar surface area (TPSA) is 132 Å². The lowest BCUT2D eigenvalue weighted by Gasteiger charge is -2.40. The average molecular weight is 492 g/mol. The lowest BCUT2D eigenvalue weighted by Crippen LogP contribution is -2.59. The molecule has 0 bridgehead atoms. The first-order valence-corrected chi connectivity index (χ1v) is 13.6. The van der Waals surface area contributed by atoms with Crippen molar-refractivity contribution in [2.24, 2.45) is 5.92 Å². The van der Waals surface area contributed by atoms with Gasteiger partial charge in [0, 0.05) is 6.04 Å². The highest BCUT2D eigenvalue weighted by Gasteiger charge is 2.44. The van der Waals surface area contributed by atoms with Crippen LogP contribution in [0.5, 0.6) is 0 Å². The summed E-state index contributed by atoms with van der Waals surface area (Å²) in [6, 6.07) is -0.181. The van der Waals surface area contributed by atoms with Gasteiger partial charge in [-0.05, 0) is 19.4 Å². The minimum absolute atomic E-state index is 0.0809. The van der Waals surface area contributed by atoms with E-state index in [9.17, 15) is 25.5 Å². The molecule has 0 spiro atoms. The highest BCUT2D eigenvalue weighted by molar-refractivity contribution is 4.89. The summed E-state index contributed by atoms with van der Waals surface area (Å²) < 4.78 is 11.1. The molecule has 0 radical (unpaired) electrons. The second-order valence-electron chi connectivity index (χ2n) is 10.0. The normalized spacial score (nSPS) is 28.1. The first kappa shape index (κ1) is 31.7. The Labute approximate surface area is 207 Å². The van der Waals surface area contributed by atoms with E-state index >= 15 is 0 Å². The second kappa shape index (κ2) is 18.9. The molecule has 0 amide bonds. The number of likely N-dealkylation sites (N-methyl/N-ethyl adjacent to an activating group) is 1. The molecule has 8 atom stereocenters. The molecule has 0 aliphatic carbocycles. The molecular weight excluding hydrogens is 438 g/mol. The third-order valence-corrected chi connectivity index (χ3v) is 7.25. The van der Waals surface area contributed by atoms with Crippen molar-refractivity contribution in [2.75, 3.05) is 20.3 Å². The van der Waals surface area contributed by atoms with Crippen LogP contribution >= 0.6 is 0 Å². The van der Waals surface area contributed by atoms with Gasteiger partial charge in [-0.1, -0.05) is 90.9 Å². The van der Waals surface area contributed by atoms with Gasteiger partial charge in [0.25, 0.3) is 0 Å². The zero-order valence-corrected chi connectivity index (χ0v) is 21.8. The van der Waals surface area contributed by atoms with Crippen LogP contribution in [-0.2, 0) is 9.47 Å². The number of hydrogen-bond acceptors (Lipinski definition) is 8. The van der Waals surface area contributed by atoms with Crippen molar-refractivity contribution in [3.05, 3.63) is 0 Å². The molecule has 0 aromatic carbocycles. The molecule has 0 saturated carbocycles. The third-order valence-electron chi connectivity index (χ3n) is 7.25. The Kier molecular flexibility index (Phi) is 17.6. The fraction of sp³-hybridized carbons (Fsp3) is 1.00. The fourth-order valence-electron chi connectivity index (χ4n) is 4.63. The second-order valence-corrected chi connectivity index (χ2v) is 10.0. The van der Waals surface area contributed by atoms with Crippen LogP contribution in [0, 0.1) is 5.92 Å². The summed E-state index contributed by atoms with van der Waals surface area (Å²) in [4.78, 5) is 0. The molecular formula is C26H53NO7. The zero-order chi connectivity index (χ0) is 25.3. The smallest absolute Gasteiger partial charge is 0.186 e. The van der Waals surface area contributed by atoms with Gasteiger partial charge < -0.3 is 40.3 Å². The van der Waals surface area contributed by atoms with E-state index in [4.69, 9.17) is 9.47 Å². The largest absolute Gasteiger partial charge is 0.394 e. The van der Waals surface area contributed by atoms with Crippen molar-refractivity contribution in [3.63, 3.8) is 0 Å². The molecule has 1 rings (SSSR count). The van der Waals surface area contributed by atoms with Crippen LogP contribution in [0.2, 0.25) is 0 Å². The van der Waals surface area contributed by atoms with Crippen LogP contribution in [0.25, 0.3) is 0 Å². The maximum atomic E-state index is 10.6. The van der Waals surface area contributed by atoms with Gasteiger partial charge in [-0.3, -0.25) is 0 Å². The first-order chi connectivity index (χ1) is 16.4. The molecule has 8 nitrogen and oxygen atoms in total. The first-order valence-electron chi connectivity index (χ1n) is 13.6. The predicted octanol–water partition coefficient (Wildman–Crippen LogP) is 2.48. The summed E-state index contributed by atoms with van der Waals surface area (Å²) in [5, 5.41) is 53.0. The van der Waals surface area contributed by atoms with Gasteiger partial charge in [-0.15, -0.1) is 0 Å². The van der Waals surface area contributed by atoms with E-state index in [0.717, 1.165) is 19.3 Å². The summed E-state index contributed by atoms with van der Waals surface area (Å²) in [5.74, 6) is -0.0809. The van der Waals surface area contributed by atoms with Gasteiger partial charge in [-0.25, -0.2) is 0 Å². The number of aliphatic hydroxyl groups is 5. The molecule has 1 heterocycles. The monoisotopic (exact) mass is 491 g/mol. The fourth-order valence-corrected chi connectivity index (χ4v) is 4.63. The minimum Gasteiger partial charge on any atom is -0.394 e. The molecule has 0 aromatic rings. The van der Waals surface area contributed by atoms with E-state index in [2.05, 4.69) is 12.2 Å². The molecule has 6 N–H and O–H groups in total. The van der Waals surface area contributed by atoms with E-state index in [-0.39, 0.29) is 18.6 Å². The summed E-state index contributed by atoms with van der Waals surface area (Å²) in [6.45, 7) is 3.87. The van der Waals surface area contributed by atoms with Crippen molar-refractivity contribution < 1.29 is 35.0 Å². The van der Waals surface area contributed by atoms with E-state index in [1.54, 1.807) is 7.05 Å². The van der Waals surface area contributed by atoms with Gasteiger partial charge in [0.2, 0.25) is 0 Å². The quantitative estimate of drug-likeness (QED) is 0.143. The van der Waals surface area contributed by atoms with Crippen molar-refractivity contribution in [3.8, 4) is 0 Å². The standard InChI is InChI=1S/C26H53NO7/c1-4-5-6-7-8-9-10-11-12-13-14-15-16-21(29)19(2)20(27-3)18-33-26-25(32)24(31)23(30)22(17-28)34-26/h19-32H,4-18H2,1-3H3/t19-,20-,21+,22?,23?,24?,25?,26?/m0/s1. The van der Waals surface area contributed by atoms with Crippen LogP contribution in [0.3, 0.4) is 0 Å². The Morgan fingerprint density at radius 1 is 0.824 bits per heavy atom. The summed E-state index contributed by atoms with van der Waals surface area (Å²) in [7, 11) is 1.79. The maximum absolute atomic E-state index is 10.6. The minimum atomic E-state index is -1.46. The van der Waals surface area contributed by atoms with Gasteiger partial charge in [0.05, 0.1) is 19.3 Å². The van der Waals surface area contributed by atoms with Gasteiger partial charge >= 0.3 is 0 Å². The van der Waals surface area contributed by atoms with E-state index in [1.807, 2.05) is 6.92 Å². The van der Waals surface area contributed by atoms with Crippen LogP contribution in [0.4, 0.5) is 0 Å². The molecule has 0 aromatic heterocycles. The number of ether oxygens (including phenoxy) is 2. The van der Waals surface area contributed by atoms with Crippen LogP contribution in [0.1, 0.15) is 97.3 Å². The number of unbranched alkanes of at least 4 members (excludes halogenated alkanes) is 11. The van der Waals surface area contributed by atoms with Crippen LogP contribution < -0.4 is 5.32 Å². The van der Waals surface area contributed by atoms with Crippen molar-refractivity contribution in [1.29, 1.82) is 0 Å². The summed E-state index contributed by atoms with van der Waals surface area (Å²) >= 11 is 0. The molecule has 204 valence electrons. The van der Waals surface area contributed by atoms with Gasteiger partial charge in [-0.2, -0.15) is 0 Å². The Balaban J connectivity index is 2.20.